The summed E-state index contributed by atoms with van der Waals surface area (Å²) in [7, 11) is 0. The zero-order chi connectivity index (χ0) is 13.1. The maximum absolute atomic E-state index is 12.0. The van der Waals surface area contributed by atoms with E-state index in [9.17, 15) is 4.79 Å². The molecule has 3 rings (SSSR count). The molecular weight excluding hydrogens is 276 g/mol. The van der Waals surface area contributed by atoms with E-state index < -0.39 is 0 Å². The molecule has 1 saturated heterocycles. The number of carbonyl (C=O) groups excluding carboxylic acids is 1. The molecule has 1 aliphatic heterocycles. The van der Waals surface area contributed by atoms with Gasteiger partial charge in [0.25, 0.3) is 5.91 Å². The van der Waals surface area contributed by atoms with Crippen LogP contribution in [0.1, 0.15) is 23.4 Å². The summed E-state index contributed by atoms with van der Waals surface area (Å²) in [6.45, 7) is 2.88. The topological polar surface area (TPSA) is 54.3 Å². The molecule has 108 valence electrons. The summed E-state index contributed by atoms with van der Waals surface area (Å²) in [5, 5.41) is 7.22. The van der Waals surface area contributed by atoms with E-state index >= 15 is 0 Å². The molecule has 1 aliphatic rings. The molecular formula is C15H19ClN2O2. The number of hydrogen-bond acceptors (Lipinski definition) is 3. The van der Waals surface area contributed by atoms with E-state index in [1.165, 1.54) is 6.42 Å². The fraction of sp³-hybridized carbons (Fsp3) is 0.400. The Bertz CT molecular complexity index is 543. The Hall–Kier alpha value is -1.52. The normalized spacial score (nSPS) is 17.9. The van der Waals surface area contributed by atoms with Crippen LogP contribution in [0.3, 0.4) is 0 Å². The summed E-state index contributed by atoms with van der Waals surface area (Å²) in [5.74, 6) is 0.962. The molecule has 1 fully saturated rings. The molecule has 0 aliphatic carbocycles. The first kappa shape index (κ1) is 14.9. The van der Waals surface area contributed by atoms with E-state index in [0.29, 0.717) is 18.2 Å². The fourth-order valence-electron chi connectivity index (χ4n) is 2.53. The largest absolute Gasteiger partial charge is 0.451 e. The van der Waals surface area contributed by atoms with Crippen molar-refractivity contribution < 1.29 is 9.21 Å². The quantitative estimate of drug-likeness (QED) is 0.911. The third-order valence-electron chi connectivity index (χ3n) is 3.65. The lowest BCUT2D eigenvalue weighted by Gasteiger charge is -2.08. The van der Waals surface area contributed by atoms with E-state index in [1.807, 2.05) is 24.3 Å². The van der Waals surface area contributed by atoms with Crippen LogP contribution in [0.25, 0.3) is 11.0 Å². The summed E-state index contributed by atoms with van der Waals surface area (Å²) < 4.78 is 5.53. The average molecular weight is 295 g/mol. The zero-order valence-electron chi connectivity index (χ0n) is 11.2. The van der Waals surface area contributed by atoms with E-state index in [1.54, 1.807) is 6.07 Å². The molecule has 1 unspecified atom stereocenters. The highest BCUT2D eigenvalue weighted by molar-refractivity contribution is 5.96. The van der Waals surface area contributed by atoms with Crippen LogP contribution in [-0.4, -0.2) is 25.5 Å². The Balaban J connectivity index is 0.00000147. The van der Waals surface area contributed by atoms with Crippen molar-refractivity contribution >= 4 is 29.3 Å². The SMILES string of the molecule is Cl.O=C(NCCC1CCNC1)c1cc2ccccc2o1. The second kappa shape index (κ2) is 6.77. The van der Waals surface area contributed by atoms with Crippen LogP contribution < -0.4 is 10.6 Å². The first-order valence-corrected chi connectivity index (χ1v) is 6.80. The molecule has 1 aromatic carbocycles. The second-order valence-electron chi connectivity index (χ2n) is 5.05. The Labute approximate surface area is 124 Å². The van der Waals surface area contributed by atoms with Gasteiger partial charge in [-0.1, -0.05) is 18.2 Å². The van der Waals surface area contributed by atoms with E-state index in [4.69, 9.17) is 4.42 Å². The monoisotopic (exact) mass is 294 g/mol. The average Bonchev–Trinajstić information content (AvgIpc) is 3.07. The van der Waals surface area contributed by atoms with E-state index in [0.717, 1.165) is 30.5 Å². The third kappa shape index (κ3) is 3.32. The zero-order valence-corrected chi connectivity index (χ0v) is 12.0. The minimum Gasteiger partial charge on any atom is -0.451 e. The Morgan fingerprint density at radius 2 is 2.25 bits per heavy atom. The van der Waals surface area contributed by atoms with Crippen LogP contribution in [0.15, 0.2) is 34.7 Å². The van der Waals surface area contributed by atoms with Crippen molar-refractivity contribution in [1.29, 1.82) is 0 Å². The fourth-order valence-corrected chi connectivity index (χ4v) is 2.53. The van der Waals surface area contributed by atoms with Crippen LogP contribution in [-0.2, 0) is 0 Å². The molecule has 1 amide bonds. The first-order valence-electron chi connectivity index (χ1n) is 6.80. The Kier molecular flexibility index (Phi) is 5.04. The number of nitrogens with one attached hydrogen (secondary N) is 2. The summed E-state index contributed by atoms with van der Waals surface area (Å²) in [6, 6.07) is 9.45. The van der Waals surface area contributed by atoms with Crippen molar-refractivity contribution in [1.82, 2.24) is 10.6 Å². The summed E-state index contributed by atoms with van der Waals surface area (Å²) in [4.78, 5) is 12.0. The summed E-state index contributed by atoms with van der Waals surface area (Å²) >= 11 is 0. The number of benzene rings is 1. The molecule has 2 aromatic rings. The lowest BCUT2D eigenvalue weighted by Crippen LogP contribution is -2.26. The number of furan rings is 1. The molecule has 4 nitrogen and oxygen atoms in total. The Morgan fingerprint density at radius 1 is 1.40 bits per heavy atom. The number of fused-ring (bicyclic) bond motifs is 1. The predicted octanol–water partition coefficient (Wildman–Crippen LogP) is 2.58. The second-order valence-corrected chi connectivity index (χ2v) is 5.05. The van der Waals surface area contributed by atoms with Gasteiger partial charge in [0.1, 0.15) is 5.58 Å². The molecule has 0 spiro atoms. The maximum atomic E-state index is 12.0. The van der Waals surface area contributed by atoms with Gasteiger partial charge in [-0.25, -0.2) is 0 Å². The van der Waals surface area contributed by atoms with E-state index in [-0.39, 0.29) is 18.3 Å². The standard InChI is InChI=1S/C15H18N2O2.ClH/c18-15(17-8-6-11-5-7-16-10-11)14-9-12-3-1-2-4-13(12)19-14;/h1-4,9,11,16H,5-8,10H2,(H,17,18);1H. The van der Waals surface area contributed by atoms with Gasteiger partial charge in [-0.2, -0.15) is 0 Å². The van der Waals surface area contributed by atoms with Crippen molar-refractivity contribution in [2.24, 2.45) is 5.92 Å². The highest BCUT2D eigenvalue weighted by Crippen LogP contribution is 2.18. The van der Waals surface area contributed by atoms with Crippen LogP contribution in [0, 0.1) is 5.92 Å². The maximum Gasteiger partial charge on any atom is 0.287 e. The van der Waals surface area contributed by atoms with Crippen molar-refractivity contribution in [3.8, 4) is 0 Å². The molecule has 5 heteroatoms. The number of carbonyl (C=O) groups is 1. The molecule has 20 heavy (non-hydrogen) atoms. The minimum atomic E-state index is -0.123. The third-order valence-corrected chi connectivity index (χ3v) is 3.65. The van der Waals surface area contributed by atoms with E-state index in [2.05, 4.69) is 10.6 Å². The van der Waals surface area contributed by atoms with Crippen LogP contribution in [0.5, 0.6) is 0 Å². The van der Waals surface area contributed by atoms with Gasteiger partial charge in [-0.05, 0) is 44.0 Å². The van der Waals surface area contributed by atoms with Gasteiger partial charge in [-0.3, -0.25) is 4.79 Å². The molecule has 2 heterocycles. The van der Waals surface area contributed by atoms with Gasteiger partial charge in [0.15, 0.2) is 5.76 Å². The molecule has 0 bridgehead atoms. The molecule has 0 saturated carbocycles. The molecule has 1 aromatic heterocycles. The summed E-state index contributed by atoms with van der Waals surface area (Å²) in [5.41, 5.74) is 0.757. The molecule has 0 radical (unpaired) electrons. The lowest BCUT2D eigenvalue weighted by atomic mass is 10.1. The first-order chi connectivity index (χ1) is 9.33. The minimum absolute atomic E-state index is 0. The smallest absolute Gasteiger partial charge is 0.287 e. The summed E-state index contributed by atoms with van der Waals surface area (Å²) in [6.07, 6.45) is 2.24. The van der Waals surface area contributed by atoms with Gasteiger partial charge in [-0.15, -0.1) is 12.4 Å². The number of amides is 1. The van der Waals surface area contributed by atoms with Crippen molar-refractivity contribution in [2.45, 2.75) is 12.8 Å². The number of rotatable bonds is 4. The van der Waals surface area contributed by atoms with Crippen molar-refractivity contribution in [3.05, 3.63) is 36.1 Å². The lowest BCUT2D eigenvalue weighted by molar-refractivity contribution is 0.0926. The number of halogens is 1. The van der Waals surface area contributed by atoms with Crippen LogP contribution >= 0.6 is 12.4 Å². The Morgan fingerprint density at radius 3 is 3.00 bits per heavy atom. The van der Waals surface area contributed by atoms with Crippen LogP contribution in [0.2, 0.25) is 0 Å². The van der Waals surface area contributed by atoms with Gasteiger partial charge >= 0.3 is 0 Å². The van der Waals surface area contributed by atoms with Crippen LogP contribution in [0.4, 0.5) is 0 Å². The van der Waals surface area contributed by atoms with Gasteiger partial charge < -0.3 is 15.1 Å². The van der Waals surface area contributed by atoms with Gasteiger partial charge in [0.2, 0.25) is 0 Å². The van der Waals surface area contributed by atoms with Gasteiger partial charge in [0, 0.05) is 11.9 Å². The highest BCUT2D eigenvalue weighted by Gasteiger charge is 2.15. The highest BCUT2D eigenvalue weighted by atomic mass is 35.5. The predicted molar refractivity (Wildman–Crippen MR) is 81.4 cm³/mol. The van der Waals surface area contributed by atoms with Crippen molar-refractivity contribution in [3.63, 3.8) is 0 Å². The molecule has 1 atom stereocenters. The van der Waals surface area contributed by atoms with Crippen molar-refractivity contribution in [2.75, 3.05) is 19.6 Å². The number of para-hydroxylation sites is 1. The molecule has 2 N–H and O–H groups in total. The van der Waals surface area contributed by atoms with Gasteiger partial charge in [0.05, 0.1) is 0 Å². The number of hydrogen-bond donors (Lipinski definition) is 2.